The Morgan fingerprint density at radius 3 is 2.68 bits per heavy atom. The van der Waals surface area contributed by atoms with Crippen molar-refractivity contribution in [2.45, 2.75) is 51.9 Å². The molecule has 1 heterocycles. The van der Waals surface area contributed by atoms with Gasteiger partial charge in [0, 0.05) is 0 Å². The molecule has 0 saturated carbocycles. The van der Waals surface area contributed by atoms with E-state index in [-0.39, 0.29) is 6.61 Å². The second-order valence-electron chi connectivity index (χ2n) is 4.78. The van der Waals surface area contributed by atoms with Crippen molar-refractivity contribution in [1.29, 1.82) is 0 Å². The second kappa shape index (κ2) is 7.71. The summed E-state index contributed by atoms with van der Waals surface area (Å²) < 4.78 is 19.3. The minimum Gasteiger partial charge on any atom is -0.463 e. The Morgan fingerprint density at radius 2 is 2.09 bits per heavy atom. The lowest BCUT2D eigenvalue weighted by molar-refractivity contribution is -0.179. The number of hydrogen-bond acceptors (Lipinski definition) is 6. The maximum absolute atomic E-state index is 14.8. The number of halogens is 1. The zero-order valence-electron chi connectivity index (χ0n) is 12.8. The van der Waals surface area contributed by atoms with E-state index in [0.717, 1.165) is 12.8 Å². The van der Waals surface area contributed by atoms with Crippen molar-refractivity contribution >= 4 is 23.6 Å². The van der Waals surface area contributed by atoms with E-state index in [1.54, 1.807) is 12.2 Å². The molecule has 0 aromatic carbocycles. The van der Waals surface area contributed by atoms with Crippen molar-refractivity contribution in [1.82, 2.24) is 10.6 Å². The van der Waals surface area contributed by atoms with Gasteiger partial charge in [0.2, 0.25) is 0 Å². The maximum Gasteiger partial charge on any atom is 0.360 e. The van der Waals surface area contributed by atoms with Crippen molar-refractivity contribution in [2.75, 3.05) is 6.61 Å². The molecule has 8 nitrogen and oxygen atoms in total. The van der Waals surface area contributed by atoms with Gasteiger partial charge in [-0.1, -0.05) is 18.5 Å². The number of esters is 1. The number of urea groups is 1. The minimum absolute atomic E-state index is 0.128. The van der Waals surface area contributed by atoms with E-state index >= 15 is 0 Å². The zero-order chi connectivity index (χ0) is 16.8. The number of rotatable bonds is 7. The molecular weight excluding hydrogens is 297 g/mol. The third-order valence-electron chi connectivity index (χ3n) is 2.96. The normalized spacial score (nSPS) is 25.3. The van der Waals surface area contributed by atoms with E-state index in [4.69, 9.17) is 4.84 Å². The number of unbranched alkanes of at least 4 members (excludes halogenated alkanes) is 1. The Hall–Kier alpha value is -2.19. The molecule has 2 atom stereocenters. The Morgan fingerprint density at radius 1 is 1.41 bits per heavy atom. The number of nitrogens with zero attached hydrogens (tertiary/aromatic N) is 1. The minimum atomic E-state index is -3.20. The summed E-state index contributed by atoms with van der Waals surface area (Å²) in [6.07, 6.45) is 0.520. The van der Waals surface area contributed by atoms with Gasteiger partial charge in [-0.25, -0.2) is 14.0 Å². The van der Waals surface area contributed by atoms with E-state index in [0.29, 0.717) is 12.1 Å². The maximum atomic E-state index is 14.8. The Labute approximate surface area is 127 Å². The molecule has 0 bridgehead atoms. The van der Waals surface area contributed by atoms with Crippen molar-refractivity contribution < 1.29 is 28.3 Å². The molecule has 0 aromatic rings. The number of amides is 3. The summed E-state index contributed by atoms with van der Waals surface area (Å²) in [5.41, 5.74) is -2.65. The SMILES string of the molecule is CCCCC(C)=NOC1NC(=O)NC(=O)C1(F)C(=O)OCC. The van der Waals surface area contributed by atoms with Crippen molar-refractivity contribution in [3.63, 3.8) is 0 Å². The van der Waals surface area contributed by atoms with Gasteiger partial charge >= 0.3 is 17.7 Å². The van der Waals surface area contributed by atoms with Gasteiger partial charge in [0.25, 0.3) is 12.1 Å². The van der Waals surface area contributed by atoms with Crippen LogP contribution in [-0.4, -0.2) is 42.1 Å². The van der Waals surface area contributed by atoms with Gasteiger partial charge in [-0.05, 0) is 26.7 Å². The molecule has 1 aliphatic rings. The summed E-state index contributed by atoms with van der Waals surface area (Å²) in [5.74, 6) is -2.89. The van der Waals surface area contributed by atoms with Gasteiger partial charge in [-0.15, -0.1) is 0 Å². The lowest BCUT2D eigenvalue weighted by Gasteiger charge is -2.32. The van der Waals surface area contributed by atoms with Crippen LogP contribution in [0, 0.1) is 0 Å². The molecule has 2 N–H and O–H groups in total. The van der Waals surface area contributed by atoms with Crippen LogP contribution in [0.5, 0.6) is 0 Å². The monoisotopic (exact) mass is 317 g/mol. The molecule has 2 unspecified atom stereocenters. The quantitative estimate of drug-likeness (QED) is 0.315. The largest absolute Gasteiger partial charge is 0.463 e. The Kier molecular flexibility index (Phi) is 6.26. The molecule has 124 valence electrons. The number of oxime groups is 1. The van der Waals surface area contributed by atoms with Crippen molar-refractivity contribution in [2.24, 2.45) is 5.16 Å². The number of carbonyl (C=O) groups is 3. The van der Waals surface area contributed by atoms with Crippen LogP contribution in [0.3, 0.4) is 0 Å². The number of carbonyl (C=O) groups excluding carboxylic acids is 3. The number of hydrogen-bond donors (Lipinski definition) is 2. The van der Waals surface area contributed by atoms with Crippen LogP contribution in [0.25, 0.3) is 0 Å². The molecule has 1 rings (SSSR count). The summed E-state index contributed by atoms with van der Waals surface area (Å²) >= 11 is 0. The lowest BCUT2D eigenvalue weighted by atomic mass is 10.0. The number of imide groups is 1. The first-order valence-electron chi connectivity index (χ1n) is 7.03. The highest BCUT2D eigenvalue weighted by molar-refractivity contribution is 6.14. The molecule has 9 heteroatoms. The van der Waals surface area contributed by atoms with Crippen LogP contribution < -0.4 is 10.6 Å². The third kappa shape index (κ3) is 3.92. The van der Waals surface area contributed by atoms with Crippen LogP contribution in [-0.2, 0) is 19.2 Å². The fraction of sp³-hybridized carbons (Fsp3) is 0.692. The molecule has 1 fully saturated rings. The predicted octanol–water partition coefficient (Wildman–Crippen LogP) is 1.01. The Balaban J connectivity index is 2.92. The molecule has 0 radical (unpaired) electrons. The van der Waals surface area contributed by atoms with E-state index in [2.05, 4.69) is 9.89 Å². The van der Waals surface area contributed by atoms with Crippen LogP contribution in [0.4, 0.5) is 9.18 Å². The summed E-state index contributed by atoms with van der Waals surface area (Å²) in [6, 6.07) is -0.978. The first kappa shape index (κ1) is 17.9. The molecule has 0 aliphatic carbocycles. The fourth-order valence-electron chi connectivity index (χ4n) is 1.72. The van der Waals surface area contributed by atoms with Crippen LogP contribution in [0.2, 0.25) is 0 Å². The van der Waals surface area contributed by atoms with Gasteiger partial charge in [-0.3, -0.25) is 15.4 Å². The number of ether oxygens (including phenoxy) is 1. The van der Waals surface area contributed by atoms with E-state index < -0.39 is 29.8 Å². The van der Waals surface area contributed by atoms with Crippen LogP contribution in [0.1, 0.15) is 40.0 Å². The summed E-state index contributed by atoms with van der Waals surface area (Å²) in [5, 5.41) is 7.35. The summed E-state index contributed by atoms with van der Waals surface area (Å²) in [7, 11) is 0. The van der Waals surface area contributed by atoms with Gasteiger partial charge < -0.3 is 9.57 Å². The van der Waals surface area contributed by atoms with Crippen molar-refractivity contribution in [3.8, 4) is 0 Å². The number of nitrogens with one attached hydrogen (secondary N) is 2. The van der Waals surface area contributed by atoms with E-state index in [1.807, 2.05) is 12.2 Å². The first-order valence-corrected chi connectivity index (χ1v) is 7.03. The first-order chi connectivity index (χ1) is 10.4. The van der Waals surface area contributed by atoms with Gasteiger partial charge in [-0.2, -0.15) is 0 Å². The molecule has 3 amide bonds. The van der Waals surface area contributed by atoms with Crippen LogP contribution in [0.15, 0.2) is 5.16 Å². The summed E-state index contributed by atoms with van der Waals surface area (Å²) in [6.45, 7) is 4.98. The predicted molar refractivity (Wildman–Crippen MR) is 74.7 cm³/mol. The third-order valence-corrected chi connectivity index (χ3v) is 2.96. The molecule has 22 heavy (non-hydrogen) atoms. The van der Waals surface area contributed by atoms with Crippen LogP contribution >= 0.6 is 0 Å². The second-order valence-corrected chi connectivity index (χ2v) is 4.78. The molecule has 1 saturated heterocycles. The molecule has 0 spiro atoms. The lowest BCUT2D eigenvalue weighted by Crippen LogP contribution is -2.70. The average Bonchev–Trinajstić information content (AvgIpc) is 2.47. The van der Waals surface area contributed by atoms with Crippen molar-refractivity contribution in [3.05, 3.63) is 0 Å². The number of alkyl halides is 1. The zero-order valence-corrected chi connectivity index (χ0v) is 12.8. The average molecular weight is 317 g/mol. The Bertz CT molecular complexity index is 482. The highest BCUT2D eigenvalue weighted by Crippen LogP contribution is 2.23. The van der Waals surface area contributed by atoms with E-state index in [9.17, 15) is 18.8 Å². The highest BCUT2D eigenvalue weighted by Gasteiger charge is 2.61. The van der Waals surface area contributed by atoms with Gasteiger partial charge in [0.05, 0.1) is 12.3 Å². The molecule has 1 aliphatic heterocycles. The highest BCUT2D eigenvalue weighted by atomic mass is 19.1. The molecular formula is C13H20FN3O5. The van der Waals surface area contributed by atoms with Gasteiger partial charge in [0.1, 0.15) is 0 Å². The van der Waals surface area contributed by atoms with Gasteiger partial charge in [0.15, 0.2) is 0 Å². The fourth-order valence-corrected chi connectivity index (χ4v) is 1.72. The summed E-state index contributed by atoms with van der Waals surface area (Å²) in [4.78, 5) is 39.6. The molecule has 0 aromatic heterocycles. The van der Waals surface area contributed by atoms with E-state index in [1.165, 1.54) is 6.92 Å². The smallest absolute Gasteiger partial charge is 0.360 e. The topological polar surface area (TPSA) is 106 Å². The standard InChI is InChI=1S/C13H20FN3O5/c1-4-6-7-8(3)17-22-10-13(14,11(19)21-5-2)9(18)15-12(20)16-10/h10H,4-7H2,1-3H3,(H2,15,16,18,20).